The topological polar surface area (TPSA) is 74.3 Å². The highest BCUT2D eigenvalue weighted by Crippen LogP contribution is 2.35. The van der Waals surface area contributed by atoms with Gasteiger partial charge in [0.05, 0.1) is 5.97 Å². The Hall–Kier alpha value is -0.400. The summed E-state index contributed by atoms with van der Waals surface area (Å²) in [4.78, 5) is 11.3. The van der Waals surface area contributed by atoms with E-state index >= 15 is 0 Å². The van der Waals surface area contributed by atoms with Crippen LogP contribution in [0.25, 0.3) is 0 Å². The number of rotatable bonds is 2. The van der Waals surface area contributed by atoms with Gasteiger partial charge in [0.2, 0.25) is 0 Å². The lowest BCUT2D eigenvalue weighted by Crippen LogP contribution is -2.24. The molecule has 0 N–H and O–H groups in total. The molecular weight excluding hydrogens is 292 g/mol. The maximum absolute atomic E-state index is 11.2. The van der Waals surface area contributed by atoms with E-state index in [-0.39, 0.29) is 14.2 Å². The highest BCUT2D eigenvalue weighted by Gasteiger charge is 2.21. The molecule has 0 unspecified atom stereocenters. The summed E-state index contributed by atoms with van der Waals surface area (Å²) >= 11 is 3.94. The van der Waals surface area contributed by atoms with Crippen molar-refractivity contribution in [2.45, 2.75) is 11.1 Å². The van der Waals surface area contributed by atoms with Crippen molar-refractivity contribution < 1.29 is 18.3 Å². The zero-order valence-electron chi connectivity index (χ0n) is 7.33. The molecular formula is C7H6BrO4S2-. The molecule has 1 heterocycles. The van der Waals surface area contributed by atoms with Gasteiger partial charge in [-0.15, -0.1) is 11.3 Å². The van der Waals surface area contributed by atoms with Crippen molar-refractivity contribution in [2.24, 2.45) is 0 Å². The van der Waals surface area contributed by atoms with Crippen LogP contribution in [0.4, 0.5) is 0 Å². The second kappa shape index (κ2) is 3.63. The molecule has 0 fully saturated rings. The lowest BCUT2D eigenvalue weighted by molar-refractivity contribution is -0.255. The van der Waals surface area contributed by atoms with Gasteiger partial charge in [-0.25, -0.2) is 8.42 Å². The third-order valence-electron chi connectivity index (χ3n) is 1.52. The predicted octanol–water partition coefficient (Wildman–Crippen LogP) is 0.586. The fraction of sp³-hybridized carbons (Fsp3) is 0.286. The first-order valence-corrected chi connectivity index (χ1v) is 6.95. The normalized spacial score (nSPS) is 11.6. The van der Waals surface area contributed by atoms with Crippen LogP contribution in [0.2, 0.25) is 0 Å². The summed E-state index contributed by atoms with van der Waals surface area (Å²) in [6.07, 6.45) is 0.969. The van der Waals surface area contributed by atoms with Gasteiger partial charge in [-0.1, -0.05) is 0 Å². The molecule has 0 saturated carbocycles. The molecule has 0 radical (unpaired) electrons. The van der Waals surface area contributed by atoms with Gasteiger partial charge in [0, 0.05) is 21.2 Å². The smallest absolute Gasteiger partial charge is 0.185 e. The average Bonchev–Trinajstić information content (AvgIpc) is 2.27. The van der Waals surface area contributed by atoms with Gasteiger partial charge in [0.1, 0.15) is 4.21 Å². The number of sulfone groups is 1. The number of carbonyl (C=O) groups is 1. The Balaban J connectivity index is 3.62. The fourth-order valence-corrected chi connectivity index (χ4v) is 4.09. The summed E-state index contributed by atoms with van der Waals surface area (Å²) in [5.41, 5.74) is -0.282. The second-order valence-corrected chi connectivity index (χ2v) is 6.92. The average molecular weight is 298 g/mol. The van der Waals surface area contributed by atoms with Crippen LogP contribution >= 0.6 is 27.3 Å². The summed E-state index contributed by atoms with van der Waals surface area (Å²) < 4.78 is 22.6. The Morgan fingerprint density at radius 3 is 2.29 bits per heavy atom. The lowest BCUT2D eigenvalue weighted by atomic mass is 10.3. The van der Waals surface area contributed by atoms with Gasteiger partial charge < -0.3 is 9.90 Å². The SMILES string of the molecule is Cc1sc(S(C)(=O)=O)c(C(=O)[O-])c1Br. The molecule has 1 aromatic heterocycles. The molecule has 1 aromatic rings. The maximum atomic E-state index is 11.2. The zero-order chi connectivity index (χ0) is 11.1. The van der Waals surface area contributed by atoms with E-state index in [9.17, 15) is 18.3 Å². The van der Waals surface area contributed by atoms with E-state index in [1.54, 1.807) is 6.92 Å². The third-order valence-corrected chi connectivity index (χ3v) is 5.71. The summed E-state index contributed by atoms with van der Waals surface area (Å²) in [7, 11) is -3.51. The van der Waals surface area contributed by atoms with E-state index < -0.39 is 15.8 Å². The Kier molecular flexibility index (Phi) is 3.03. The molecule has 1 rings (SSSR count). The van der Waals surface area contributed by atoms with Crippen LogP contribution in [-0.2, 0) is 9.84 Å². The summed E-state index contributed by atoms with van der Waals surface area (Å²) in [5.74, 6) is -1.48. The minimum Gasteiger partial charge on any atom is -0.545 e. The fourth-order valence-electron chi connectivity index (χ4n) is 0.935. The number of carboxylic acid groups (broad SMARTS) is 1. The van der Waals surface area contributed by atoms with Crippen LogP contribution in [0, 0.1) is 6.92 Å². The van der Waals surface area contributed by atoms with Gasteiger partial charge in [0.25, 0.3) is 0 Å². The Bertz CT molecular complexity index is 486. The number of carbonyl (C=O) groups excluding carboxylic acids is 1. The molecule has 0 bridgehead atoms. The van der Waals surface area contributed by atoms with Crippen LogP contribution in [0.3, 0.4) is 0 Å². The molecule has 0 saturated heterocycles. The lowest BCUT2D eigenvalue weighted by Gasteiger charge is -2.03. The first-order chi connectivity index (χ1) is 6.25. The molecule has 14 heavy (non-hydrogen) atoms. The van der Waals surface area contributed by atoms with Crippen molar-refractivity contribution >= 4 is 43.1 Å². The number of aryl methyl sites for hydroxylation is 1. The molecule has 78 valence electrons. The minimum atomic E-state index is -3.51. The van der Waals surface area contributed by atoms with Gasteiger partial charge >= 0.3 is 0 Å². The van der Waals surface area contributed by atoms with E-state index in [4.69, 9.17) is 0 Å². The monoisotopic (exact) mass is 297 g/mol. The van der Waals surface area contributed by atoms with Gasteiger partial charge in [-0.2, -0.15) is 0 Å². The van der Waals surface area contributed by atoms with Crippen molar-refractivity contribution in [3.63, 3.8) is 0 Å². The minimum absolute atomic E-state index is 0.165. The van der Waals surface area contributed by atoms with Crippen molar-refractivity contribution in [3.8, 4) is 0 Å². The molecule has 0 amide bonds. The Morgan fingerprint density at radius 1 is 1.50 bits per heavy atom. The number of thiophene rings is 1. The quantitative estimate of drug-likeness (QED) is 0.800. The van der Waals surface area contributed by atoms with Gasteiger partial charge in [0.15, 0.2) is 9.84 Å². The van der Waals surface area contributed by atoms with Crippen LogP contribution in [0.5, 0.6) is 0 Å². The van der Waals surface area contributed by atoms with Crippen LogP contribution in [0.1, 0.15) is 15.2 Å². The van der Waals surface area contributed by atoms with Gasteiger partial charge in [-0.3, -0.25) is 0 Å². The number of carboxylic acids is 1. The number of aromatic carboxylic acids is 1. The largest absolute Gasteiger partial charge is 0.545 e. The third kappa shape index (κ3) is 1.99. The number of halogens is 1. The highest BCUT2D eigenvalue weighted by atomic mass is 79.9. The standard InChI is InChI=1S/C7H7BrO4S2/c1-3-5(8)4(6(9)10)7(13-3)14(2,11)12/h1-2H3,(H,9,10)/p-1. The van der Waals surface area contributed by atoms with E-state index in [0.29, 0.717) is 4.88 Å². The van der Waals surface area contributed by atoms with E-state index in [1.807, 2.05) is 0 Å². The van der Waals surface area contributed by atoms with Crippen molar-refractivity contribution in [2.75, 3.05) is 6.26 Å². The second-order valence-electron chi connectivity index (χ2n) is 2.69. The summed E-state index contributed by atoms with van der Waals surface area (Å²) in [6.45, 7) is 1.63. The van der Waals surface area contributed by atoms with Crippen molar-refractivity contribution in [1.82, 2.24) is 0 Å². The molecule has 7 heteroatoms. The summed E-state index contributed by atoms with van der Waals surface area (Å²) in [5, 5.41) is 10.7. The predicted molar refractivity (Wildman–Crippen MR) is 54.2 cm³/mol. The molecule has 0 aliphatic carbocycles. The zero-order valence-corrected chi connectivity index (χ0v) is 10.5. The number of hydrogen-bond acceptors (Lipinski definition) is 5. The molecule has 4 nitrogen and oxygen atoms in total. The van der Waals surface area contributed by atoms with Crippen molar-refractivity contribution in [3.05, 3.63) is 14.9 Å². The first kappa shape index (κ1) is 11.7. The van der Waals surface area contributed by atoms with E-state index in [2.05, 4.69) is 15.9 Å². The number of hydrogen-bond donors (Lipinski definition) is 0. The summed E-state index contributed by atoms with van der Waals surface area (Å²) in [6, 6.07) is 0. The molecule has 0 aliphatic heterocycles. The maximum Gasteiger partial charge on any atom is 0.185 e. The molecule has 0 aromatic carbocycles. The highest BCUT2D eigenvalue weighted by molar-refractivity contribution is 9.10. The molecule has 0 atom stereocenters. The van der Waals surface area contributed by atoms with E-state index in [1.165, 1.54) is 0 Å². The van der Waals surface area contributed by atoms with Crippen LogP contribution in [0.15, 0.2) is 8.68 Å². The van der Waals surface area contributed by atoms with Crippen molar-refractivity contribution in [1.29, 1.82) is 0 Å². The van der Waals surface area contributed by atoms with E-state index in [0.717, 1.165) is 17.6 Å². The van der Waals surface area contributed by atoms with Gasteiger partial charge in [-0.05, 0) is 22.9 Å². The van der Waals surface area contributed by atoms with Crippen LogP contribution < -0.4 is 5.11 Å². The molecule has 0 spiro atoms. The molecule has 0 aliphatic rings. The van der Waals surface area contributed by atoms with Crippen LogP contribution in [-0.4, -0.2) is 20.6 Å². The Morgan fingerprint density at radius 2 is 2.00 bits per heavy atom. The Labute approximate surface area is 93.6 Å². The first-order valence-electron chi connectivity index (χ1n) is 3.45.